The Labute approximate surface area is 80.2 Å². The van der Waals surface area contributed by atoms with E-state index in [9.17, 15) is 4.79 Å². The minimum absolute atomic E-state index is 0.186. The Bertz CT molecular complexity index is 134. The first-order valence-corrected chi connectivity index (χ1v) is 4.97. The molecule has 1 aliphatic heterocycles. The van der Waals surface area contributed by atoms with Gasteiger partial charge in [-0.05, 0) is 6.92 Å². The van der Waals surface area contributed by atoms with E-state index < -0.39 is 0 Å². The predicted molar refractivity (Wildman–Crippen MR) is 52.8 cm³/mol. The van der Waals surface area contributed by atoms with Gasteiger partial charge in [-0.3, -0.25) is 0 Å². The number of amides is 1. The monoisotopic (exact) mass is 188 g/mol. The smallest absolute Gasteiger partial charge is 0.409 e. The van der Waals surface area contributed by atoms with Crippen LogP contribution in [0.3, 0.4) is 0 Å². The van der Waals surface area contributed by atoms with Gasteiger partial charge in [0.2, 0.25) is 0 Å². The van der Waals surface area contributed by atoms with E-state index in [1.54, 1.807) is 4.90 Å². The van der Waals surface area contributed by atoms with Gasteiger partial charge in [-0.25, -0.2) is 4.79 Å². The molecular weight excluding hydrogens is 168 g/mol. The van der Waals surface area contributed by atoms with Gasteiger partial charge in [0.05, 0.1) is 6.61 Å². The van der Waals surface area contributed by atoms with Crippen LogP contribution in [0.5, 0.6) is 0 Å². The highest BCUT2D eigenvalue weighted by Crippen LogP contribution is 1.95. The molecule has 13 heavy (non-hydrogen) atoms. The molecule has 1 fully saturated rings. The van der Waals surface area contributed by atoms with Crippen molar-refractivity contribution in [2.24, 2.45) is 0 Å². The Kier molecular flexibility index (Phi) is 7.39. The maximum absolute atomic E-state index is 11.1. The Morgan fingerprint density at radius 1 is 1.38 bits per heavy atom. The lowest BCUT2D eigenvalue weighted by Gasteiger charge is -2.26. The van der Waals surface area contributed by atoms with E-state index in [-0.39, 0.29) is 6.09 Å². The van der Waals surface area contributed by atoms with E-state index in [0.717, 1.165) is 26.2 Å². The molecule has 1 rings (SSSR count). The van der Waals surface area contributed by atoms with Crippen LogP contribution in [-0.4, -0.2) is 43.8 Å². The van der Waals surface area contributed by atoms with Crippen molar-refractivity contribution in [3.05, 3.63) is 0 Å². The summed E-state index contributed by atoms with van der Waals surface area (Å²) in [5.74, 6) is 0. The van der Waals surface area contributed by atoms with Crippen molar-refractivity contribution in [3.8, 4) is 0 Å². The van der Waals surface area contributed by atoms with Gasteiger partial charge < -0.3 is 15.0 Å². The summed E-state index contributed by atoms with van der Waals surface area (Å²) >= 11 is 0. The van der Waals surface area contributed by atoms with Crippen LogP contribution in [0.15, 0.2) is 0 Å². The minimum atomic E-state index is -0.186. The fourth-order valence-electron chi connectivity index (χ4n) is 1.06. The molecule has 0 unspecified atom stereocenters. The van der Waals surface area contributed by atoms with Crippen molar-refractivity contribution in [1.82, 2.24) is 10.2 Å². The number of hydrogen-bond acceptors (Lipinski definition) is 3. The first-order chi connectivity index (χ1) is 6.34. The SMILES string of the molecule is CC.CCOC(=O)N1CCNCC1. The summed E-state index contributed by atoms with van der Waals surface area (Å²) in [6.07, 6.45) is -0.186. The third-order valence-corrected chi connectivity index (χ3v) is 1.64. The molecule has 4 nitrogen and oxygen atoms in total. The highest BCUT2D eigenvalue weighted by atomic mass is 16.6. The number of hydrogen-bond donors (Lipinski definition) is 1. The molecule has 0 aromatic heterocycles. The van der Waals surface area contributed by atoms with E-state index in [4.69, 9.17) is 4.74 Å². The van der Waals surface area contributed by atoms with Crippen molar-refractivity contribution in [1.29, 1.82) is 0 Å². The van der Waals surface area contributed by atoms with Crippen molar-refractivity contribution >= 4 is 6.09 Å². The molecule has 1 N–H and O–H groups in total. The molecular formula is C9H20N2O2. The Balaban J connectivity index is 0.000000671. The standard InChI is InChI=1S/C7H14N2O2.C2H6/c1-2-11-7(10)9-5-3-8-4-6-9;1-2/h8H,2-6H2,1H3;1-2H3. The number of nitrogens with one attached hydrogen (secondary N) is 1. The number of carbonyl (C=O) groups excluding carboxylic acids is 1. The topological polar surface area (TPSA) is 41.6 Å². The van der Waals surface area contributed by atoms with Crippen LogP contribution >= 0.6 is 0 Å². The lowest BCUT2D eigenvalue weighted by atomic mass is 10.4. The Morgan fingerprint density at radius 2 is 1.92 bits per heavy atom. The van der Waals surface area contributed by atoms with Gasteiger partial charge in [0.15, 0.2) is 0 Å². The number of carbonyl (C=O) groups is 1. The molecule has 1 amide bonds. The number of ether oxygens (including phenoxy) is 1. The second-order valence-electron chi connectivity index (χ2n) is 2.44. The summed E-state index contributed by atoms with van der Waals surface area (Å²) in [5, 5.41) is 3.16. The van der Waals surface area contributed by atoms with Crippen LogP contribution in [0.2, 0.25) is 0 Å². The normalized spacial score (nSPS) is 15.8. The van der Waals surface area contributed by atoms with Crippen LogP contribution in [0.1, 0.15) is 20.8 Å². The highest BCUT2D eigenvalue weighted by Gasteiger charge is 2.15. The summed E-state index contributed by atoms with van der Waals surface area (Å²) in [5.41, 5.74) is 0. The van der Waals surface area contributed by atoms with Gasteiger partial charge in [0.1, 0.15) is 0 Å². The molecule has 0 bridgehead atoms. The van der Waals surface area contributed by atoms with Crippen molar-refractivity contribution in [3.63, 3.8) is 0 Å². The third kappa shape index (κ3) is 4.72. The summed E-state index contributed by atoms with van der Waals surface area (Å²) in [6, 6.07) is 0. The molecule has 1 heterocycles. The summed E-state index contributed by atoms with van der Waals surface area (Å²) < 4.78 is 4.84. The second kappa shape index (κ2) is 7.86. The quantitative estimate of drug-likeness (QED) is 0.669. The second-order valence-corrected chi connectivity index (χ2v) is 2.44. The molecule has 0 atom stereocenters. The summed E-state index contributed by atoms with van der Waals surface area (Å²) in [7, 11) is 0. The van der Waals surface area contributed by atoms with Crippen LogP contribution < -0.4 is 5.32 Å². The first-order valence-electron chi connectivity index (χ1n) is 4.97. The zero-order chi connectivity index (χ0) is 10.1. The average Bonchev–Trinajstić information content (AvgIpc) is 2.23. The van der Waals surface area contributed by atoms with Gasteiger partial charge >= 0.3 is 6.09 Å². The zero-order valence-corrected chi connectivity index (χ0v) is 8.80. The van der Waals surface area contributed by atoms with E-state index in [1.807, 2.05) is 20.8 Å². The van der Waals surface area contributed by atoms with Crippen LogP contribution in [0.25, 0.3) is 0 Å². The number of rotatable bonds is 1. The van der Waals surface area contributed by atoms with Gasteiger partial charge in [0.25, 0.3) is 0 Å². The highest BCUT2D eigenvalue weighted by molar-refractivity contribution is 5.67. The van der Waals surface area contributed by atoms with Crippen molar-refractivity contribution in [2.45, 2.75) is 20.8 Å². The molecule has 4 heteroatoms. The van der Waals surface area contributed by atoms with Crippen LogP contribution in [0, 0.1) is 0 Å². The third-order valence-electron chi connectivity index (χ3n) is 1.64. The molecule has 1 aliphatic rings. The summed E-state index contributed by atoms with van der Waals surface area (Å²) in [6.45, 7) is 9.55. The molecule has 0 aromatic carbocycles. The van der Waals surface area contributed by atoms with E-state index in [0.29, 0.717) is 6.61 Å². The Morgan fingerprint density at radius 3 is 2.38 bits per heavy atom. The van der Waals surface area contributed by atoms with E-state index >= 15 is 0 Å². The average molecular weight is 188 g/mol. The molecule has 78 valence electrons. The van der Waals surface area contributed by atoms with Gasteiger partial charge in [-0.15, -0.1) is 0 Å². The number of piperazine rings is 1. The molecule has 0 aliphatic carbocycles. The lowest BCUT2D eigenvalue weighted by molar-refractivity contribution is 0.102. The van der Waals surface area contributed by atoms with Crippen molar-refractivity contribution < 1.29 is 9.53 Å². The molecule has 0 spiro atoms. The molecule has 0 aromatic rings. The van der Waals surface area contributed by atoms with Crippen LogP contribution in [0.4, 0.5) is 4.79 Å². The molecule has 1 saturated heterocycles. The lowest BCUT2D eigenvalue weighted by Crippen LogP contribution is -2.46. The predicted octanol–water partition coefficient (Wildman–Crippen LogP) is 1.07. The van der Waals surface area contributed by atoms with Crippen molar-refractivity contribution in [2.75, 3.05) is 32.8 Å². The fourth-order valence-corrected chi connectivity index (χ4v) is 1.06. The van der Waals surface area contributed by atoms with Gasteiger partial charge in [0, 0.05) is 26.2 Å². The van der Waals surface area contributed by atoms with Gasteiger partial charge in [-0.1, -0.05) is 13.8 Å². The maximum Gasteiger partial charge on any atom is 0.409 e. The minimum Gasteiger partial charge on any atom is -0.450 e. The molecule has 0 saturated carbocycles. The van der Waals surface area contributed by atoms with E-state index in [1.165, 1.54) is 0 Å². The Hall–Kier alpha value is -0.770. The van der Waals surface area contributed by atoms with E-state index in [2.05, 4.69) is 5.32 Å². The number of nitrogens with zero attached hydrogens (tertiary/aromatic N) is 1. The maximum atomic E-state index is 11.1. The summed E-state index contributed by atoms with van der Waals surface area (Å²) in [4.78, 5) is 12.8. The zero-order valence-electron chi connectivity index (χ0n) is 8.80. The van der Waals surface area contributed by atoms with Gasteiger partial charge in [-0.2, -0.15) is 0 Å². The first kappa shape index (κ1) is 12.2. The van der Waals surface area contributed by atoms with Crippen LogP contribution in [-0.2, 0) is 4.74 Å². The molecule has 0 radical (unpaired) electrons. The fraction of sp³-hybridized carbons (Fsp3) is 0.889. The largest absolute Gasteiger partial charge is 0.450 e.